The van der Waals surface area contributed by atoms with Gasteiger partial charge in [-0.25, -0.2) is 0 Å². The summed E-state index contributed by atoms with van der Waals surface area (Å²) in [6.45, 7) is 0. The Morgan fingerprint density at radius 1 is 1.57 bits per heavy atom. The lowest BCUT2D eigenvalue weighted by molar-refractivity contribution is 0.175. The first-order valence-electron chi connectivity index (χ1n) is 4.31. The second kappa shape index (κ2) is 5.49. The van der Waals surface area contributed by atoms with Gasteiger partial charge in [0.1, 0.15) is 5.75 Å². The van der Waals surface area contributed by atoms with Gasteiger partial charge in [0.2, 0.25) is 0 Å². The van der Waals surface area contributed by atoms with Crippen molar-refractivity contribution in [3.05, 3.63) is 28.8 Å². The van der Waals surface area contributed by atoms with Crippen LogP contribution in [0, 0.1) is 0 Å². The van der Waals surface area contributed by atoms with Crippen molar-refractivity contribution in [2.24, 2.45) is 0 Å². The lowest BCUT2D eigenvalue weighted by atomic mass is 10.1. The summed E-state index contributed by atoms with van der Waals surface area (Å²) in [6, 6.07) is 5.27. The van der Waals surface area contributed by atoms with Gasteiger partial charge in [0.05, 0.1) is 18.2 Å². The van der Waals surface area contributed by atoms with Crippen molar-refractivity contribution in [2.75, 3.05) is 12.9 Å². The van der Waals surface area contributed by atoms with E-state index in [1.807, 2.05) is 0 Å². The van der Waals surface area contributed by atoms with Crippen LogP contribution in [0.4, 0.5) is 0 Å². The highest BCUT2D eigenvalue weighted by Gasteiger charge is 2.08. The van der Waals surface area contributed by atoms with Crippen LogP contribution < -0.4 is 4.74 Å². The Bertz CT molecular complexity index is 304. The highest BCUT2D eigenvalue weighted by atomic mass is 35.5. The predicted octanol–water partition coefficient (Wildman–Crippen LogP) is 2.70. The van der Waals surface area contributed by atoms with Gasteiger partial charge in [0.25, 0.3) is 0 Å². The Labute approximate surface area is 94.3 Å². The molecule has 1 aromatic rings. The van der Waals surface area contributed by atoms with E-state index in [4.69, 9.17) is 16.3 Å². The SMILES string of the molecule is COc1ccc(C(O)CCS)cc1Cl. The summed E-state index contributed by atoms with van der Waals surface area (Å²) in [5.41, 5.74) is 0.796. The zero-order valence-corrected chi connectivity index (χ0v) is 9.55. The quantitative estimate of drug-likeness (QED) is 0.782. The molecule has 0 aliphatic carbocycles. The number of rotatable bonds is 4. The molecular weight excluding hydrogens is 220 g/mol. The number of thiol groups is 1. The molecule has 0 radical (unpaired) electrons. The fraction of sp³-hybridized carbons (Fsp3) is 0.400. The molecule has 14 heavy (non-hydrogen) atoms. The zero-order chi connectivity index (χ0) is 10.6. The number of ether oxygens (including phenoxy) is 1. The zero-order valence-electron chi connectivity index (χ0n) is 7.90. The largest absolute Gasteiger partial charge is 0.495 e. The van der Waals surface area contributed by atoms with Gasteiger partial charge in [-0.05, 0) is 29.9 Å². The third-order valence-electron chi connectivity index (χ3n) is 1.96. The van der Waals surface area contributed by atoms with Crippen LogP contribution in [0.15, 0.2) is 18.2 Å². The smallest absolute Gasteiger partial charge is 0.137 e. The van der Waals surface area contributed by atoms with Gasteiger partial charge in [-0.3, -0.25) is 0 Å². The molecule has 1 rings (SSSR count). The molecule has 0 fully saturated rings. The van der Waals surface area contributed by atoms with Crippen molar-refractivity contribution in [3.63, 3.8) is 0 Å². The summed E-state index contributed by atoms with van der Waals surface area (Å²) in [7, 11) is 1.56. The Kier molecular flexibility index (Phi) is 4.58. The van der Waals surface area contributed by atoms with E-state index in [1.165, 1.54) is 0 Å². The number of halogens is 1. The Morgan fingerprint density at radius 3 is 2.79 bits per heavy atom. The molecule has 0 saturated heterocycles. The van der Waals surface area contributed by atoms with Crippen molar-refractivity contribution in [2.45, 2.75) is 12.5 Å². The molecule has 0 amide bonds. The van der Waals surface area contributed by atoms with Crippen LogP contribution in [0.5, 0.6) is 5.75 Å². The minimum atomic E-state index is -0.504. The average Bonchev–Trinajstić information content (AvgIpc) is 2.18. The first-order chi connectivity index (χ1) is 6.69. The van der Waals surface area contributed by atoms with Crippen molar-refractivity contribution < 1.29 is 9.84 Å². The topological polar surface area (TPSA) is 29.5 Å². The predicted molar refractivity (Wildman–Crippen MR) is 61.4 cm³/mol. The second-order valence-electron chi connectivity index (χ2n) is 2.92. The molecule has 0 bridgehead atoms. The maximum Gasteiger partial charge on any atom is 0.137 e. The third-order valence-corrected chi connectivity index (χ3v) is 2.52. The normalized spacial score (nSPS) is 12.6. The van der Waals surface area contributed by atoms with E-state index in [-0.39, 0.29) is 0 Å². The fourth-order valence-corrected chi connectivity index (χ4v) is 1.69. The first kappa shape index (κ1) is 11.7. The lowest BCUT2D eigenvalue weighted by Gasteiger charge is -2.11. The van der Waals surface area contributed by atoms with Gasteiger partial charge in [0.15, 0.2) is 0 Å². The molecule has 0 aliphatic heterocycles. The van der Waals surface area contributed by atoms with Gasteiger partial charge in [0, 0.05) is 0 Å². The van der Waals surface area contributed by atoms with Gasteiger partial charge in [-0.1, -0.05) is 17.7 Å². The lowest BCUT2D eigenvalue weighted by Crippen LogP contribution is -1.98. The van der Waals surface area contributed by atoms with E-state index in [9.17, 15) is 5.11 Å². The molecule has 2 nitrogen and oxygen atoms in total. The Hall–Kier alpha value is -0.380. The van der Waals surface area contributed by atoms with Crippen molar-refractivity contribution in [3.8, 4) is 5.75 Å². The van der Waals surface area contributed by atoms with Crippen molar-refractivity contribution in [1.82, 2.24) is 0 Å². The second-order valence-corrected chi connectivity index (χ2v) is 3.78. The van der Waals surface area contributed by atoms with Crippen LogP contribution >= 0.6 is 24.2 Å². The first-order valence-corrected chi connectivity index (χ1v) is 5.32. The fourth-order valence-electron chi connectivity index (χ4n) is 1.18. The van der Waals surface area contributed by atoms with E-state index in [1.54, 1.807) is 25.3 Å². The number of hydrogen-bond donors (Lipinski definition) is 2. The minimum Gasteiger partial charge on any atom is -0.495 e. The molecular formula is C10H13ClO2S. The summed E-state index contributed by atoms with van der Waals surface area (Å²) in [6.07, 6.45) is 0.113. The molecule has 0 aliphatic rings. The monoisotopic (exact) mass is 232 g/mol. The summed E-state index contributed by atoms with van der Waals surface area (Å²) >= 11 is 9.98. The Balaban J connectivity index is 2.85. The summed E-state index contributed by atoms with van der Waals surface area (Å²) in [5.74, 6) is 1.26. The van der Waals surface area contributed by atoms with Crippen LogP contribution in [-0.4, -0.2) is 18.0 Å². The van der Waals surface area contributed by atoms with Crippen LogP contribution in [0.1, 0.15) is 18.1 Å². The summed E-state index contributed by atoms with van der Waals surface area (Å²) in [4.78, 5) is 0. The van der Waals surface area contributed by atoms with Gasteiger partial charge in [-0.15, -0.1) is 0 Å². The number of hydrogen-bond acceptors (Lipinski definition) is 3. The number of methoxy groups -OCH3 is 1. The van der Waals surface area contributed by atoms with Crippen molar-refractivity contribution >= 4 is 24.2 Å². The van der Waals surface area contributed by atoms with E-state index < -0.39 is 6.10 Å². The maximum atomic E-state index is 9.66. The summed E-state index contributed by atoms with van der Waals surface area (Å²) < 4.78 is 5.01. The van der Waals surface area contributed by atoms with Crippen LogP contribution in [0.2, 0.25) is 5.02 Å². The van der Waals surface area contributed by atoms with Crippen molar-refractivity contribution in [1.29, 1.82) is 0 Å². The molecule has 0 heterocycles. The Morgan fingerprint density at radius 2 is 2.29 bits per heavy atom. The molecule has 1 N–H and O–H groups in total. The van der Waals surface area contributed by atoms with Crippen LogP contribution in [0.3, 0.4) is 0 Å². The molecule has 4 heteroatoms. The van der Waals surface area contributed by atoms with E-state index in [0.717, 1.165) is 5.56 Å². The van der Waals surface area contributed by atoms with Gasteiger partial charge in [-0.2, -0.15) is 12.6 Å². The number of aliphatic hydroxyl groups is 1. The van der Waals surface area contributed by atoms with Crippen LogP contribution in [-0.2, 0) is 0 Å². The van der Waals surface area contributed by atoms with E-state index in [0.29, 0.717) is 22.9 Å². The molecule has 0 saturated carbocycles. The standard InChI is InChI=1S/C10H13ClO2S/c1-13-10-3-2-7(6-8(10)11)9(12)4-5-14/h2-3,6,9,12,14H,4-5H2,1H3. The molecule has 0 aromatic heterocycles. The highest BCUT2D eigenvalue weighted by Crippen LogP contribution is 2.28. The third kappa shape index (κ3) is 2.80. The molecule has 78 valence electrons. The molecule has 0 spiro atoms. The highest BCUT2D eigenvalue weighted by molar-refractivity contribution is 7.80. The van der Waals surface area contributed by atoms with Gasteiger partial charge < -0.3 is 9.84 Å². The van der Waals surface area contributed by atoms with Gasteiger partial charge >= 0.3 is 0 Å². The number of aliphatic hydroxyl groups excluding tert-OH is 1. The molecule has 1 aromatic carbocycles. The summed E-state index contributed by atoms with van der Waals surface area (Å²) in [5, 5.41) is 10.2. The average molecular weight is 233 g/mol. The maximum absolute atomic E-state index is 9.66. The van der Waals surface area contributed by atoms with E-state index in [2.05, 4.69) is 12.6 Å². The molecule has 1 atom stereocenters. The van der Waals surface area contributed by atoms with E-state index >= 15 is 0 Å². The minimum absolute atomic E-state index is 0.504. The number of benzene rings is 1. The van der Waals surface area contributed by atoms with Crippen LogP contribution in [0.25, 0.3) is 0 Å². The molecule has 1 unspecified atom stereocenters.